The molecule has 4 rings (SSSR count). The maximum atomic E-state index is 12.9. The van der Waals surface area contributed by atoms with Gasteiger partial charge in [0.1, 0.15) is 0 Å². The Morgan fingerprint density at radius 1 is 0.968 bits per heavy atom. The van der Waals surface area contributed by atoms with Gasteiger partial charge in [-0.15, -0.1) is 0 Å². The topological polar surface area (TPSA) is 99.2 Å². The number of nitrogens with one attached hydrogen (secondary N) is 1. The number of carbonyl (C=O) groups is 2. The van der Waals surface area contributed by atoms with E-state index >= 15 is 0 Å². The number of nitrogens with two attached hydrogens (primary N) is 1. The maximum Gasteiger partial charge on any atom is 0.255 e. The van der Waals surface area contributed by atoms with Gasteiger partial charge in [0, 0.05) is 35.8 Å². The van der Waals surface area contributed by atoms with Gasteiger partial charge in [0.15, 0.2) is 0 Å². The van der Waals surface area contributed by atoms with Crippen LogP contribution in [-0.4, -0.2) is 28.8 Å². The summed E-state index contributed by atoms with van der Waals surface area (Å²) in [6, 6.07) is 16.8. The Morgan fingerprint density at radius 3 is 2.19 bits per heavy atom. The number of nitrogens with zero attached hydrogens (tertiary/aromatic N) is 2. The van der Waals surface area contributed by atoms with Gasteiger partial charge in [0.25, 0.3) is 5.91 Å². The summed E-state index contributed by atoms with van der Waals surface area (Å²) in [5.74, 6) is 0.251. The van der Waals surface area contributed by atoms with Gasteiger partial charge in [-0.1, -0.05) is 12.1 Å². The Kier molecular flexibility index (Phi) is 6.34. The van der Waals surface area contributed by atoms with E-state index in [0.29, 0.717) is 23.4 Å². The van der Waals surface area contributed by atoms with E-state index in [0.717, 1.165) is 44.1 Å². The summed E-state index contributed by atoms with van der Waals surface area (Å²) in [6.45, 7) is 0.596. The molecule has 0 unspecified atom stereocenters. The Labute approximate surface area is 183 Å². The third-order valence-corrected chi connectivity index (χ3v) is 6.23. The third-order valence-electron chi connectivity index (χ3n) is 6.23. The molecule has 0 bridgehead atoms. The highest BCUT2D eigenvalue weighted by Gasteiger charge is 2.37. The molecule has 0 aliphatic heterocycles. The molecule has 0 saturated heterocycles. The first kappa shape index (κ1) is 21.1. The molecule has 0 aromatic heterocycles. The van der Waals surface area contributed by atoms with E-state index in [-0.39, 0.29) is 29.8 Å². The zero-order valence-corrected chi connectivity index (χ0v) is 17.6. The summed E-state index contributed by atoms with van der Waals surface area (Å²) >= 11 is 0. The van der Waals surface area contributed by atoms with E-state index in [4.69, 9.17) is 11.0 Å². The van der Waals surface area contributed by atoms with Crippen LogP contribution in [0.4, 0.5) is 5.69 Å². The Hall–Kier alpha value is -3.17. The normalized spacial score (nSPS) is 20.5. The second kappa shape index (κ2) is 9.32. The quantitative estimate of drug-likeness (QED) is 0.748. The van der Waals surface area contributed by atoms with E-state index < -0.39 is 0 Å². The van der Waals surface area contributed by atoms with Gasteiger partial charge in [0.05, 0.1) is 11.6 Å². The molecule has 2 fully saturated rings. The average Bonchev–Trinajstić information content (AvgIpc) is 3.64. The number of hydrogen-bond acceptors (Lipinski definition) is 4. The molecule has 0 radical (unpaired) electrons. The second-order valence-corrected chi connectivity index (χ2v) is 8.65. The number of carbonyl (C=O) groups excluding carboxylic acids is 2. The van der Waals surface area contributed by atoms with Gasteiger partial charge in [0.2, 0.25) is 5.91 Å². The van der Waals surface area contributed by atoms with Crippen LogP contribution in [0.25, 0.3) is 0 Å². The van der Waals surface area contributed by atoms with Crippen LogP contribution in [0.1, 0.15) is 60.0 Å². The molecule has 160 valence electrons. The first-order valence-corrected chi connectivity index (χ1v) is 11.0. The number of benzene rings is 2. The number of hydrogen-bond donors (Lipinski definition) is 2. The zero-order valence-electron chi connectivity index (χ0n) is 17.6. The maximum absolute atomic E-state index is 12.9. The van der Waals surface area contributed by atoms with Gasteiger partial charge >= 0.3 is 0 Å². The first-order chi connectivity index (χ1) is 15.0. The molecule has 6 nitrogen and oxygen atoms in total. The van der Waals surface area contributed by atoms with Gasteiger partial charge < -0.3 is 16.0 Å². The fourth-order valence-corrected chi connectivity index (χ4v) is 4.15. The Balaban J connectivity index is 1.40. The lowest BCUT2D eigenvalue weighted by molar-refractivity contribution is -0.136. The smallest absolute Gasteiger partial charge is 0.255 e. The van der Waals surface area contributed by atoms with Crippen molar-refractivity contribution in [2.45, 2.75) is 57.2 Å². The van der Waals surface area contributed by atoms with Gasteiger partial charge in [-0.05, 0) is 80.5 Å². The molecule has 2 saturated carbocycles. The predicted octanol–water partition coefficient (Wildman–Crippen LogP) is 3.82. The molecule has 0 atom stereocenters. The fourth-order valence-electron chi connectivity index (χ4n) is 4.15. The van der Waals surface area contributed by atoms with Crippen LogP contribution in [0.2, 0.25) is 0 Å². The van der Waals surface area contributed by atoms with Crippen LogP contribution in [0.3, 0.4) is 0 Å². The van der Waals surface area contributed by atoms with Crippen molar-refractivity contribution >= 4 is 17.5 Å². The fraction of sp³-hybridized carbons (Fsp3) is 0.400. The van der Waals surface area contributed by atoms with Crippen LogP contribution in [-0.2, 0) is 11.3 Å². The predicted molar refractivity (Wildman–Crippen MR) is 119 cm³/mol. The Bertz CT molecular complexity index is 966. The largest absolute Gasteiger partial charge is 0.335 e. The Morgan fingerprint density at radius 2 is 1.61 bits per heavy atom. The monoisotopic (exact) mass is 416 g/mol. The van der Waals surface area contributed by atoms with Crippen LogP contribution in [0.5, 0.6) is 0 Å². The van der Waals surface area contributed by atoms with Gasteiger partial charge in [-0.2, -0.15) is 5.26 Å². The lowest BCUT2D eigenvalue weighted by Crippen LogP contribution is -2.44. The van der Waals surface area contributed by atoms with Crippen molar-refractivity contribution in [3.63, 3.8) is 0 Å². The van der Waals surface area contributed by atoms with Crippen LogP contribution in [0.15, 0.2) is 48.5 Å². The number of anilines is 1. The number of nitriles is 1. The molecule has 2 aliphatic carbocycles. The first-order valence-electron chi connectivity index (χ1n) is 11.0. The average molecular weight is 417 g/mol. The summed E-state index contributed by atoms with van der Waals surface area (Å²) in [7, 11) is 0. The lowest BCUT2D eigenvalue weighted by atomic mass is 9.90. The highest BCUT2D eigenvalue weighted by Crippen LogP contribution is 2.34. The molecule has 31 heavy (non-hydrogen) atoms. The van der Waals surface area contributed by atoms with Gasteiger partial charge in [-0.3, -0.25) is 9.59 Å². The van der Waals surface area contributed by atoms with Crippen molar-refractivity contribution in [2.24, 2.45) is 11.7 Å². The molecular weight excluding hydrogens is 388 g/mol. The third kappa shape index (κ3) is 5.31. The molecule has 0 spiro atoms. The summed E-state index contributed by atoms with van der Waals surface area (Å²) in [6.07, 6.45) is 5.89. The summed E-state index contributed by atoms with van der Waals surface area (Å²) < 4.78 is 0. The molecule has 2 aromatic carbocycles. The minimum absolute atomic E-state index is 0.196. The second-order valence-electron chi connectivity index (χ2n) is 8.65. The molecule has 3 N–H and O–H groups in total. The van der Waals surface area contributed by atoms with Crippen molar-refractivity contribution in [2.75, 3.05) is 5.32 Å². The highest BCUT2D eigenvalue weighted by molar-refractivity contribution is 6.04. The van der Waals surface area contributed by atoms with E-state index in [9.17, 15) is 9.59 Å². The van der Waals surface area contributed by atoms with Crippen molar-refractivity contribution in [1.82, 2.24) is 4.90 Å². The van der Waals surface area contributed by atoms with Crippen molar-refractivity contribution in [1.29, 1.82) is 5.26 Å². The number of rotatable bonds is 6. The van der Waals surface area contributed by atoms with Crippen molar-refractivity contribution in [3.05, 3.63) is 65.2 Å². The molecule has 2 amide bonds. The van der Waals surface area contributed by atoms with E-state index in [1.807, 2.05) is 30.3 Å². The lowest BCUT2D eigenvalue weighted by Gasteiger charge is -2.36. The summed E-state index contributed by atoms with van der Waals surface area (Å²) in [5.41, 5.74) is 8.83. The van der Waals surface area contributed by atoms with E-state index in [1.165, 1.54) is 0 Å². The summed E-state index contributed by atoms with van der Waals surface area (Å²) in [4.78, 5) is 27.4. The van der Waals surface area contributed by atoms with E-state index in [2.05, 4.69) is 10.2 Å². The molecule has 2 aliphatic rings. The van der Waals surface area contributed by atoms with Crippen molar-refractivity contribution in [3.8, 4) is 6.07 Å². The van der Waals surface area contributed by atoms with Crippen LogP contribution < -0.4 is 11.1 Å². The minimum Gasteiger partial charge on any atom is -0.335 e. The standard InChI is InChI=1S/C25H28N4O2/c26-15-17-1-5-19(6-2-17)24(30)28-22-11-3-18(4-12-22)16-29(25(31)20-7-8-20)23-13-9-21(27)10-14-23/h1-6,11-12,20-21,23H,7-10,13-14,16,27H2,(H,28,30). The molecular formula is C25H28N4O2. The molecule has 2 aromatic rings. The molecule has 6 heteroatoms. The zero-order chi connectivity index (χ0) is 21.8. The number of amides is 2. The highest BCUT2D eigenvalue weighted by atomic mass is 16.2. The molecule has 0 heterocycles. The SMILES string of the molecule is N#Cc1ccc(C(=O)Nc2ccc(CN(C(=O)C3CC3)C3CCC(N)CC3)cc2)cc1. The van der Waals surface area contributed by atoms with Crippen LogP contribution >= 0.6 is 0 Å². The van der Waals surface area contributed by atoms with Gasteiger partial charge in [-0.25, -0.2) is 0 Å². The van der Waals surface area contributed by atoms with Crippen LogP contribution in [0, 0.1) is 17.2 Å². The minimum atomic E-state index is -0.221. The summed E-state index contributed by atoms with van der Waals surface area (Å²) in [5, 5.41) is 11.8. The van der Waals surface area contributed by atoms with Crippen molar-refractivity contribution < 1.29 is 9.59 Å². The van der Waals surface area contributed by atoms with E-state index in [1.54, 1.807) is 24.3 Å².